The van der Waals surface area contributed by atoms with E-state index in [0.29, 0.717) is 0 Å². The molecule has 1 aromatic carbocycles. The van der Waals surface area contributed by atoms with E-state index in [1.165, 1.54) is 12.1 Å². The van der Waals surface area contributed by atoms with E-state index in [1.807, 2.05) is 26.8 Å². The van der Waals surface area contributed by atoms with Crippen LogP contribution in [0.25, 0.3) is 11.3 Å². The Morgan fingerprint density at radius 2 is 1.59 bits per heavy atom. The predicted molar refractivity (Wildman–Crippen MR) is 66.0 cm³/mol. The molecular formula is C13H14FN3. The summed E-state index contributed by atoms with van der Waals surface area (Å²) in [5.74, 6) is 0.00521. The van der Waals surface area contributed by atoms with Crippen LogP contribution in [0.3, 0.4) is 0 Å². The van der Waals surface area contributed by atoms with Crippen LogP contribution >= 0.6 is 0 Å². The lowest BCUT2D eigenvalue weighted by Crippen LogP contribution is -2.00. The molecule has 88 valence electrons. The number of anilines is 1. The third-order valence-electron chi connectivity index (χ3n) is 2.63. The van der Waals surface area contributed by atoms with Gasteiger partial charge in [0.25, 0.3) is 0 Å². The number of aryl methyl sites for hydroxylation is 3. The largest absolute Gasteiger partial charge is 0.368 e. The highest BCUT2D eigenvalue weighted by Gasteiger charge is 2.10. The Balaban J connectivity index is 2.68. The average Bonchev–Trinajstić information content (AvgIpc) is 2.13. The normalized spacial score (nSPS) is 10.6. The lowest BCUT2D eigenvalue weighted by atomic mass is 9.99. The van der Waals surface area contributed by atoms with Gasteiger partial charge in [0.05, 0.1) is 5.69 Å². The Morgan fingerprint density at radius 1 is 1.00 bits per heavy atom. The van der Waals surface area contributed by atoms with Crippen molar-refractivity contribution in [1.29, 1.82) is 0 Å². The fourth-order valence-electron chi connectivity index (χ4n) is 2.03. The molecule has 0 amide bonds. The van der Waals surface area contributed by atoms with E-state index in [1.54, 1.807) is 0 Å². The smallest absolute Gasteiger partial charge is 0.220 e. The number of nitrogens with zero attached hydrogens (tertiary/aromatic N) is 2. The maximum Gasteiger partial charge on any atom is 0.220 e. The summed E-state index contributed by atoms with van der Waals surface area (Å²) in [6, 6.07) is 4.84. The van der Waals surface area contributed by atoms with Crippen molar-refractivity contribution in [2.24, 2.45) is 0 Å². The van der Waals surface area contributed by atoms with E-state index >= 15 is 0 Å². The molecule has 0 unspecified atom stereocenters. The van der Waals surface area contributed by atoms with Gasteiger partial charge >= 0.3 is 0 Å². The highest BCUT2D eigenvalue weighted by Crippen LogP contribution is 2.27. The third kappa shape index (κ3) is 2.25. The second-order valence-corrected chi connectivity index (χ2v) is 4.17. The van der Waals surface area contributed by atoms with Crippen molar-refractivity contribution in [3.8, 4) is 11.3 Å². The molecule has 0 aliphatic heterocycles. The molecule has 0 spiro atoms. The zero-order chi connectivity index (χ0) is 12.6. The van der Waals surface area contributed by atoms with Gasteiger partial charge < -0.3 is 5.73 Å². The zero-order valence-corrected chi connectivity index (χ0v) is 10.1. The molecule has 0 atom stereocenters. The molecule has 2 aromatic rings. The molecule has 0 saturated heterocycles. The molecule has 1 aromatic heterocycles. The van der Waals surface area contributed by atoms with Crippen LogP contribution in [-0.4, -0.2) is 9.97 Å². The van der Waals surface area contributed by atoms with E-state index in [2.05, 4.69) is 9.97 Å². The summed E-state index contributed by atoms with van der Waals surface area (Å²) in [4.78, 5) is 8.23. The standard InChI is InChI=1S/C13H14FN3/c1-7-4-10(14)5-8(2)12(7)11-6-9(3)16-13(15)17-11/h4-6H,1-3H3,(H2,15,16,17). The number of halogens is 1. The van der Waals surface area contributed by atoms with Crippen molar-refractivity contribution in [3.05, 3.63) is 40.8 Å². The molecular weight excluding hydrogens is 217 g/mol. The lowest BCUT2D eigenvalue weighted by Gasteiger charge is -2.10. The number of benzene rings is 1. The van der Waals surface area contributed by atoms with Crippen molar-refractivity contribution >= 4 is 5.95 Å². The van der Waals surface area contributed by atoms with E-state index < -0.39 is 0 Å². The summed E-state index contributed by atoms with van der Waals surface area (Å²) in [6.07, 6.45) is 0. The first-order chi connectivity index (χ1) is 7.97. The predicted octanol–water partition coefficient (Wildman–Crippen LogP) is 2.79. The molecule has 0 bridgehead atoms. The molecule has 2 rings (SSSR count). The molecule has 0 aliphatic carbocycles. The van der Waals surface area contributed by atoms with Crippen LogP contribution in [0.15, 0.2) is 18.2 Å². The van der Waals surface area contributed by atoms with Crippen molar-refractivity contribution in [1.82, 2.24) is 9.97 Å². The summed E-state index contributed by atoms with van der Waals surface area (Å²) < 4.78 is 13.2. The number of rotatable bonds is 1. The highest BCUT2D eigenvalue weighted by atomic mass is 19.1. The summed E-state index contributed by atoms with van der Waals surface area (Å²) in [6.45, 7) is 5.58. The maximum absolute atomic E-state index is 13.2. The van der Waals surface area contributed by atoms with Gasteiger partial charge in [0.15, 0.2) is 0 Å². The molecule has 0 saturated carbocycles. The molecule has 3 nitrogen and oxygen atoms in total. The number of hydrogen-bond donors (Lipinski definition) is 1. The lowest BCUT2D eigenvalue weighted by molar-refractivity contribution is 0.625. The molecule has 2 N–H and O–H groups in total. The maximum atomic E-state index is 13.2. The van der Waals surface area contributed by atoms with Gasteiger partial charge in [-0.2, -0.15) is 0 Å². The average molecular weight is 231 g/mol. The van der Waals surface area contributed by atoms with Gasteiger partial charge in [-0.05, 0) is 50.1 Å². The Kier molecular flexibility index (Phi) is 2.79. The van der Waals surface area contributed by atoms with Crippen LogP contribution in [0, 0.1) is 26.6 Å². The molecule has 17 heavy (non-hydrogen) atoms. The van der Waals surface area contributed by atoms with Gasteiger partial charge in [0.2, 0.25) is 5.95 Å². The van der Waals surface area contributed by atoms with Crippen LogP contribution in [-0.2, 0) is 0 Å². The minimum atomic E-state index is -0.234. The van der Waals surface area contributed by atoms with Gasteiger partial charge in [0.1, 0.15) is 5.82 Å². The minimum Gasteiger partial charge on any atom is -0.368 e. The number of hydrogen-bond acceptors (Lipinski definition) is 3. The summed E-state index contributed by atoms with van der Waals surface area (Å²) >= 11 is 0. The van der Waals surface area contributed by atoms with Crippen molar-refractivity contribution in [2.75, 3.05) is 5.73 Å². The van der Waals surface area contributed by atoms with Crippen LogP contribution in [0.4, 0.5) is 10.3 Å². The molecule has 0 aliphatic rings. The minimum absolute atomic E-state index is 0.234. The van der Waals surface area contributed by atoms with Gasteiger partial charge in [-0.15, -0.1) is 0 Å². The fourth-order valence-corrected chi connectivity index (χ4v) is 2.03. The molecule has 0 radical (unpaired) electrons. The summed E-state index contributed by atoms with van der Waals surface area (Å²) in [5.41, 5.74) is 9.79. The van der Waals surface area contributed by atoms with Gasteiger partial charge in [0, 0.05) is 11.3 Å². The third-order valence-corrected chi connectivity index (χ3v) is 2.63. The number of nitrogens with two attached hydrogens (primary N) is 1. The Morgan fingerprint density at radius 3 is 2.12 bits per heavy atom. The Hall–Kier alpha value is -1.97. The monoisotopic (exact) mass is 231 g/mol. The zero-order valence-electron chi connectivity index (χ0n) is 10.1. The van der Waals surface area contributed by atoms with Gasteiger partial charge in [-0.25, -0.2) is 14.4 Å². The number of nitrogen functional groups attached to an aromatic ring is 1. The fraction of sp³-hybridized carbons (Fsp3) is 0.231. The SMILES string of the molecule is Cc1cc(-c2c(C)cc(F)cc2C)nc(N)n1. The Labute approximate surface area is 99.5 Å². The van der Waals surface area contributed by atoms with Crippen LogP contribution in [0.5, 0.6) is 0 Å². The first kappa shape index (κ1) is 11.5. The van der Waals surface area contributed by atoms with E-state index in [0.717, 1.165) is 28.1 Å². The van der Waals surface area contributed by atoms with Crippen LogP contribution in [0.1, 0.15) is 16.8 Å². The van der Waals surface area contributed by atoms with Crippen LogP contribution < -0.4 is 5.73 Å². The van der Waals surface area contributed by atoms with Gasteiger partial charge in [-0.3, -0.25) is 0 Å². The second-order valence-electron chi connectivity index (χ2n) is 4.17. The first-order valence-corrected chi connectivity index (χ1v) is 5.35. The molecule has 0 fully saturated rings. The van der Waals surface area contributed by atoms with E-state index in [-0.39, 0.29) is 11.8 Å². The summed E-state index contributed by atoms with van der Waals surface area (Å²) in [5, 5.41) is 0. The van der Waals surface area contributed by atoms with Gasteiger partial charge in [-0.1, -0.05) is 0 Å². The molecule has 1 heterocycles. The van der Waals surface area contributed by atoms with Crippen molar-refractivity contribution < 1.29 is 4.39 Å². The van der Waals surface area contributed by atoms with Crippen molar-refractivity contribution in [2.45, 2.75) is 20.8 Å². The Bertz CT molecular complexity index is 536. The second kappa shape index (κ2) is 4.13. The molecule has 4 heteroatoms. The highest BCUT2D eigenvalue weighted by molar-refractivity contribution is 5.68. The quantitative estimate of drug-likeness (QED) is 0.821. The summed E-state index contributed by atoms with van der Waals surface area (Å²) in [7, 11) is 0. The number of aromatic nitrogens is 2. The van der Waals surface area contributed by atoms with Crippen LogP contribution in [0.2, 0.25) is 0 Å². The topological polar surface area (TPSA) is 51.8 Å². The van der Waals surface area contributed by atoms with E-state index in [9.17, 15) is 4.39 Å². The van der Waals surface area contributed by atoms with Crippen molar-refractivity contribution in [3.63, 3.8) is 0 Å². The van der Waals surface area contributed by atoms with E-state index in [4.69, 9.17) is 5.73 Å². The first-order valence-electron chi connectivity index (χ1n) is 5.35.